The minimum Gasteiger partial charge on any atom is -0.477 e. The Bertz CT molecular complexity index is 399. The normalized spacial score (nSPS) is 11.4. The van der Waals surface area contributed by atoms with E-state index in [1.165, 1.54) is 0 Å². The lowest BCUT2D eigenvalue weighted by atomic mass is 10.4. The van der Waals surface area contributed by atoms with Crippen LogP contribution >= 0.6 is 11.6 Å². The van der Waals surface area contributed by atoms with Gasteiger partial charge >= 0.3 is 12.2 Å². The Morgan fingerprint density at radius 2 is 1.71 bits per heavy atom. The molecule has 0 atom stereocenters. The van der Waals surface area contributed by atoms with E-state index in [2.05, 4.69) is 9.97 Å². The molecule has 96 valence electrons. The molecule has 0 saturated heterocycles. The standard InChI is InChI=1S/C9H10ClF3N2O2/c1-3-16-7-5(10)6(9(11,12)13)14-8(15-7)17-4-2/h3-4H2,1-2H3. The highest BCUT2D eigenvalue weighted by Gasteiger charge is 2.38. The zero-order chi connectivity index (χ0) is 13.1. The molecule has 1 aromatic heterocycles. The van der Waals surface area contributed by atoms with Crippen LogP contribution in [0.2, 0.25) is 5.02 Å². The number of rotatable bonds is 4. The van der Waals surface area contributed by atoms with Gasteiger partial charge in [-0.15, -0.1) is 0 Å². The quantitative estimate of drug-likeness (QED) is 0.844. The van der Waals surface area contributed by atoms with E-state index < -0.39 is 22.9 Å². The molecule has 0 N–H and O–H groups in total. The van der Waals surface area contributed by atoms with Crippen molar-refractivity contribution >= 4 is 11.6 Å². The highest BCUT2D eigenvalue weighted by molar-refractivity contribution is 6.32. The molecule has 0 aliphatic carbocycles. The zero-order valence-electron chi connectivity index (χ0n) is 9.14. The van der Waals surface area contributed by atoms with Crippen molar-refractivity contribution < 1.29 is 22.6 Å². The summed E-state index contributed by atoms with van der Waals surface area (Å²) in [5, 5.41) is -0.664. The Balaban J connectivity index is 3.27. The molecule has 0 amide bonds. The van der Waals surface area contributed by atoms with Gasteiger partial charge in [0.1, 0.15) is 5.02 Å². The van der Waals surface area contributed by atoms with Crippen LogP contribution in [0.5, 0.6) is 11.9 Å². The van der Waals surface area contributed by atoms with Crippen LogP contribution in [0.4, 0.5) is 13.2 Å². The SMILES string of the molecule is CCOc1nc(OCC)c(Cl)c(C(F)(F)F)n1. The predicted molar refractivity (Wildman–Crippen MR) is 54.4 cm³/mol. The van der Waals surface area contributed by atoms with E-state index >= 15 is 0 Å². The Labute approximate surface area is 101 Å². The van der Waals surface area contributed by atoms with Crippen LogP contribution in [0.3, 0.4) is 0 Å². The lowest BCUT2D eigenvalue weighted by molar-refractivity contribution is -0.141. The summed E-state index contributed by atoms with van der Waals surface area (Å²) in [5.41, 5.74) is -1.26. The largest absolute Gasteiger partial charge is 0.477 e. The molecule has 0 aliphatic heterocycles. The second kappa shape index (κ2) is 5.39. The van der Waals surface area contributed by atoms with E-state index in [0.717, 1.165) is 0 Å². The van der Waals surface area contributed by atoms with Gasteiger partial charge < -0.3 is 9.47 Å². The monoisotopic (exact) mass is 270 g/mol. The fraction of sp³-hybridized carbons (Fsp3) is 0.556. The summed E-state index contributed by atoms with van der Waals surface area (Å²) >= 11 is 5.52. The molecule has 0 aromatic carbocycles. The third-order valence-corrected chi connectivity index (χ3v) is 1.96. The summed E-state index contributed by atoms with van der Waals surface area (Å²) in [7, 11) is 0. The van der Waals surface area contributed by atoms with Crippen LogP contribution in [-0.4, -0.2) is 23.2 Å². The first-order chi connectivity index (χ1) is 7.90. The Morgan fingerprint density at radius 1 is 1.12 bits per heavy atom. The van der Waals surface area contributed by atoms with Crippen molar-refractivity contribution in [2.45, 2.75) is 20.0 Å². The molecule has 0 saturated carbocycles. The van der Waals surface area contributed by atoms with Gasteiger partial charge in [0.15, 0.2) is 5.69 Å². The van der Waals surface area contributed by atoms with Gasteiger partial charge in [0.25, 0.3) is 0 Å². The third-order valence-electron chi connectivity index (χ3n) is 1.62. The molecule has 4 nitrogen and oxygen atoms in total. The van der Waals surface area contributed by atoms with E-state index in [1.54, 1.807) is 13.8 Å². The van der Waals surface area contributed by atoms with Crippen molar-refractivity contribution in [1.29, 1.82) is 0 Å². The zero-order valence-corrected chi connectivity index (χ0v) is 9.89. The molecular weight excluding hydrogens is 261 g/mol. The van der Waals surface area contributed by atoms with Crippen LogP contribution in [0, 0.1) is 0 Å². The molecule has 0 spiro atoms. The summed E-state index contributed by atoms with van der Waals surface area (Å²) < 4.78 is 47.5. The molecule has 0 bridgehead atoms. The van der Waals surface area contributed by atoms with Crippen LogP contribution in [0.15, 0.2) is 0 Å². The Morgan fingerprint density at radius 3 is 2.18 bits per heavy atom. The Hall–Kier alpha value is -1.24. The topological polar surface area (TPSA) is 44.2 Å². The molecule has 1 aromatic rings. The number of ether oxygens (including phenoxy) is 2. The Kier molecular flexibility index (Phi) is 4.39. The van der Waals surface area contributed by atoms with Crippen molar-refractivity contribution in [1.82, 2.24) is 9.97 Å². The molecule has 1 rings (SSSR count). The molecule has 0 unspecified atom stereocenters. The average molecular weight is 271 g/mol. The van der Waals surface area contributed by atoms with Gasteiger partial charge in [-0.1, -0.05) is 11.6 Å². The number of aromatic nitrogens is 2. The minimum absolute atomic E-state index is 0.138. The lowest BCUT2D eigenvalue weighted by Gasteiger charge is -2.12. The minimum atomic E-state index is -4.68. The fourth-order valence-electron chi connectivity index (χ4n) is 1.02. The van der Waals surface area contributed by atoms with Gasteiger partial charge in [0.05, 0.1) is 13.2 Å². The van der Waals surface area contributed by atoms with Crippen LogP contribution in [-0.2, 0) is 6.18 Å². The van der Waals surface area contributed by atoms with Gasteiger partial charge in [0.2, 0.25) is 5.88 Å². The van der Waals surface area contributed by atoms with Gasteiger partial charge in [-0.3, -0.25) is 0 Å². The number of alkyl halides is 3. The van der Waals surface area contributed by atoms with Gasteiger partial charge in [0, 0.05) is 0 Å². The van der Waals surface area contributed by atoms with Gasteiger partial charge in [-0.2, -0.15) is 23.1 Å². The van der Waals surface area contributed by atoms with Crippen molar-refractivity contribution in [2.24, 2.45) is 0 Å². The highest BCUT2D eigenvalue weighted by atomic mass is 35.5. The number of nitrogens with zero attached hydrogens (tertiary/aromatic N) is 2. The summed E-state index contributed by atoms with van der Waals surface area (Å²) in [6.07, 6.45) is -4.68. The molecule has 1 heterocycles. The summed E-state index contributed by atoms with van der Waals surface area (Å²) in [5.74, 6) is -0.333. The first kappa shape index (κ1) is 13.8. The predicted octanol–water partition coefficient (Wildman–Crippen LogP) is 2.95. The van der Waals surface area contributed by atoms with Gasteiger partial charge in [-0.05, 0) is 13.8 Å². The molecule has 8 heteroatoms. The van der Waals surface area contributed by atoms with E-state index in [0.29, 0.717) is 0 Å². The number of hydrogen-bond acceptors (Lipinski definition) is 4. The first-order valence-corrected chi connectivity index (χ1v) is 5.18. The fourth-order valence-corrected chi connectivity index (χ4v) is 1.27. The van der Waals surface area contributed by atoms with Crippen molar-refractivity contribution in [2.75, 3.05) is 13.2 Å². The summed E-state index contributed by atoms with van der Waals surface area (Å²) in [6, 6.07) is -0.410. The maximum atomic E-state index is 12.6. The van der Waals surface area contributed by atoms with Crippen molar-refractivity contribution in [3.8, 4) is 11.9 Å². The third kappa shape index (κ3) is 3.36. The van der Waals surface area contributed by atoms with Crippen LogP contribution < -0.4 is 9.47 Å². The average Bonchev–Trinajstić information content (AvgIpc) is 2.21. The van der Waals surface area contributed by atoms with Crippen LogP contribution in [0.1, 0.15) is 19.5 Å². The lowest BCUT2D eigenvalue weighted by Crippen LogP contribution is -2.13. The van der Waals surface area contributed by atoms with Gasteiger partial charge in [-0.25, -0.2) is 0 Å². The van der Waals surface area contributed by atoms with Crippen molar-refractivity contribution in [3.63, 3.8) is 0 Å². The van der Waals surface area contributed by atoms with E-state index in [-0.39, 0.29) is 19.1 Å². The number of hydrogen-bond donors (Lipinski definition) is 0. The van der Waals surface area contributed by atoms with Crippen LogP contribution in [0.25, 0.3) is 0 Å². The maximum absolute atomic E-state index is 12.6. The van der Waals surface area contributed by atoms with E-state index in [1.807, 2.05) is 0 Å². The summed E-state index contributed by atoms with van der Waals surface area (Å²) in [6.45, 7) is 3.49. The molecule has 0 aliphatic rings. The molecule has 0 fully saturated rings. The maximum Gasteiger partial charge on any atom is 0.435 e. The smallest absolute Gasteiger partial charge is 0.435 e. The second-order valence-electron chi connectivity index (χ2n) is 2.84. The highest BCUT2D eigenvalue weighted by Crippen LogP contribution is 2.38. The number of halogens is 4. The first-order valence-electron chi connectivity index (χ1n) is 4.80. The van der Waals surface area contributed by atoms with Crippen molar-refractivity contribution in [3.05, 3.63) is 10.7 Å². The molecule has 17 heavy (non-hydrogen) atoms. The molecule has 0 radical (unpaired) electrons. The summed E-state index contributed by atoms with van der Waals surface area (Å²) in [4.78, 5) is 6.84. The molecular formula is C9H10ClF3N2O2. The van der Waals surface area contributed by atoms with E-state index in [9.17, 15) is 13.2 Å². The van der Waals surface area contributed by atoms with E-state index in [4.69, 9.17) is 21.1 Å². The second-order valence-corrected chi connectivity index (χ2v) is 3.22.